The number of carbonyl (C=O) groups excluding carboxylic acids is 1. The lowest BCUT2D eigenvalue weighted by Gasteiger charge is -2.35. The molecule has 9 heteroatoms. The predicted octanol–water partition coefficient (Wildman–Crippen LogP) is 3.50. The molecular formula is C25H31N4O4S. The molecule has 3 unspecified atom stereocenters. The third-order valence-corrected chi connectivity index (χ3v) is 10.5. The van der Waals surface area contributed by atoms with E-state index >= 15 is 0 Å². The topological polar surface area (TPSA) is 139 Å². The SMILES string of the molecule is NC(=O)C1CCC(C[O])CC1CS(=O)(=O)C1CCC(c2ccnc3cnc4[nH]ccc4c23)CC1. The monoisotopic (exact) mass is 483 g/mol. The van der Waals surface area contributed by atoms with E-state index in [1.54, 1.807) is 12.4 Å². The van der Waals surface area contributed by atoms with Crippen molar-refractivity contribution in [3.05, 3.63) is 36.3 Å². The molecular weight excluding hydrogens is 452 g/mol. The lowest BCUT2D eigenvalue weighted by molar-refractivity contribution is -0.124. The van der Waals surface area contributed by atoms with Gasteiger partial charge in [0.15, 0.2) is 9.84 Å². The molecule has 3 heterocycles. The van der Waals surface area contributed by atoms with Crippen LogP contribution in [0.15, 0.2) is 30.7 Å². The van der Waals surface area contributed by atoms with Crippen LogP contribution in [0.3, 0.4) is 0 Å². The van der Waals surface area contributed by atoms with Crippen molar-refractivity contribution >= 4 is 37.7 Å². The number of nitrogens with zero attached hydrogens (tertiary/aromatic N) is 2. The number of hydrogen-bond acceptors (Lipinski definition) is 5. The van der Waals surface area contributed by atoms with Crippen molar-refractivity contribution in [2.75, 3.05) is 12.4 Å². The molecule has 0 aromatic carbocycles. The fraction of sp³-hybridized carbons (Fsp3) is 0.560. The van der Waals surface area contributed by atoms with Crippen molar-refractivity contribution in [2.24, 2.45) is 23.5 Å². The van der Waals surface area contributed by atoms with Crippen molar-refractivity contribution < 1.29 is 18.3 Å². The lowest BCUT2D eigenvalue weighted by Crippen LogP contribution is -2.41. The third kappa shape index (κ3) is 4.31. The molecule has 3 aromatic rings. The van der Waals surface area contributed by atoms with E-state index in [4.69, 9.17) is 5.73 Å². The fourth-order valence-corrected chi connectivity index (χ4v) is 8.49. The van der Waals surface area contributed by atoms with Gasteiger partial charge in [-0.25, -0.2) is 18.5 Å². The summed E-state index contributed by atoms with van der Waals surface area (Å²) in [5.74, 6) is -1.08. The Morgan fingerprint density at radius 3 is 2.62 bits per heavy atom. The normalized spacial score (nSPS) is 28.3. The van der Waals surface area contributed by atoms with E-state index in [0.29, 0.717) is 32.1 Å². The smallest absolute Gasteiger partial charge is 0.220 e. The molecule has 3 atom stereocenters. The number of H-pyrrole nitrogens is 1. The summed E-state index contributed by atoms with van der Waals surface area (Å²) in [6.45, 7) is -0.225. The van der Waals surface area contributed by atoms with Crippen molar-refractivity contribution in [1.29, 1.82) is 0 Å². The van der Waals surface area contributed by atoms with Crippen LogP contribution in [0.1, 0.15) is 56.4 Å². The van der Waals surface area contributed by atoms with Gasteiger partial charge in [-0.2, -0.15) is 0 Å². The lowest BCUT2D eigenvalue weighted by atomic mass is 9.75. The molecule has 34 heavy (non-hydrogen) atoms. The van der Waals surface area contributed by atoms with Crippen LogP contribution >= 0.6 is 0 Å². The zero-order chi connectivity index (χ0) is 23.9. The van der Waals surface area contributed by atoms with Crippen molar-refractivity contribution in [3.63, 3.8) is 0 Å². The number of hydrogen-bond donors (Lipinski definition) is 2. The van der Waals surface area contributed by atoms with Crippen LogP contribution in [-0.4, -0.2) is 46.9 Å². The molecule has 0 aliphatic heterocycles. The Morgan fingerprint density at radius 1 is 1.09 bits per heavy atom. The Labute approximate surface area is 199 Å². The zero-order valence-electron chi connectivity index (χ0n) is 19.2. The van der Waals surface area contributed by atoms with Gasteiger partial charge in [-0.3, -0.25) is 9.78 Å². The van der Waals surface area contributed by atoms with Gasteiger partial charge in [0.2, 0.25) is 5.91 Å². The van der Waals surface area contributed by atoms with Crippen LogP contribution in [0.2, 0.25) is 0 Å². The van der Waals surface area contributed by atoms with Gasteiger partial charge in [0.25, 0.3) is 0 Å². The van der Waals surface area contributed by atoms with E-state index in [-0.39, 0.29) is 30.1 Å². The highest BCUT2D eigenvalue weighted by Crippen LogP contribution is 2.41. The number of primary amides is 1. The summed E-state index contributed by atoms with van der Waals surface area (Å²) in [6.07, 6.45) is 9.87. The quantitative estimate of drug-likeness (QED) is 0.552. The van der Waals surface area contributed by atoms with E-state index in [1.807, 2.05) is 12.3 Å². The Morgan fingerprint density at radius 2 is 1.88 bits per heavy atom. The van der Waals surface area contributed by atoms with Crippen LogP contribution in [0.5, 0.6) is 0 Å². The van der Waals surface area contributed by atoms with Crippen molar-refractivity contribution in [3.8, 4) is 0 Å². The summed E-state index contributed by atoms with van der Waals surface area (Å²) < 4.78 is 26.7. The van der Waals surface area contributed by atoms with E-state index in [2.05, 4.69) is 21.0 Å². The second-order valence-corrected chi connectivity index (χ2v) is 12.4. The number of sulfone groups is 1. The highest BCUT2D eigenvalue weighted by Gasteiger charge is 2.40. The van der Waals surface area contributed by atoms with Gasteiger partial charge in [-0.05, 0) is 80.4 Å². The number of aromatic nitrogens is 3. The summed E-state index contributed by atoms with van der Waals surface area (Å²) in [5.41, 5.74) is 8.45. The summed E-state index contributed by atoms with van der Waals surface area (Å²) in [4.78, 5) is 24.0. The third-order valence-electron chi connectivity index (χ3n) is 8.08. The van der Waals surface area contributed by atoms with Crippen molar-refractivity contribution in [2.45, 2.75) is 56.1 Å². The summed E-state index contributed by atoms with van der Waals surface area (Å²) in [5, 5.41) is 13.1. The fourth-order valence-electron chi connectivity index (χ4n) is 6.26. The molecule has 1 radical (unpaired) electrons. The first-order chi connectivity index (χ1) is 16.4. The first kappa shape index (κ1) is 23.2. The molecule has 0 spiro atoms. The molecule has 1 amide bonds. The summed E-state index contributed by atoms with van der Waals surface area (Å²) in [6, 6.07) is 4.07. The molecule has 5 rings (SSSR count). The number of rotatable bonds is 6. The molecule has 2 aliphatic rings. The van der Waals surface area contributed by atoms with E-state index < -0.39 is 26.9 Å². The predicted molar refractivity (Wildman–Crippen MR) is 129 cm³/mol. The molecule has 2 aliphatic carbocycles. The number of pyridine rings is 2. The highest BCUT2D eigenvalue weighted by molar-refractivity contribution is 7.92. The van der Waals surface area contributed by atoms with Crippen LogP contribution < -0.4 is 5.73 Å². The van der Waals surface area contributed by atoms with E-state index in [1.165, 1.54) is 5.56 Å². The second-order valence-electron chi connectivity index (χ2n) is 10.1. The van der Waals surface area contributed by atoms with Gasteiger partial charge in [0, 0.05) is 29.1 Å². The highest BCUT2D eigenvalue weighted by atomic mass is 32.2. The van der Waals surface area contributed by atoms with Gasteiger partial charge < -0.3 is 10.7 Å². The average Bonchev–Trinajstić information content (AvgIpc) is 3.32. The van der Waals surface area contributed by atoms with Gasteiger partial charge in [-0.1, -0.05) is 0 Å². The maximum absolute atomic E-state index is 13.4. The van der Waals surface area contributed by atoms with Crippen molar-refractivity contribution in [1.82, 2.24) is 15.0 Å². The van der Waals surface area contributed by atoms with Gasteiger partial charge in [0.05, 0.1) is 29.3 Å². The van der Waals surface area contributed by atoms with Crippen LogP contribution in [0.25, 0.3) is 21.9 Å². The first-order valence-corrected chi connectivity index (χ1v) is 13.9. The van der Waals surface area contributed by atoms with Crippen LogP contribution in [0, 0.1) is 17.8 Å². The maximum Gasteiger partial charge on any atom is 0.220 e. The Bertz CT molecular complexity index is 1300. The Kier molecular flexibility index (Phi) is 6.33. The maximum atomic E-state index is 13.4. The number of nitrogens with one attached hydrogen (secondary N) is 1. The van der Waals surface area contributed by atoms with Gasteiger partial charge in [0.1, 0.15) is 5.65 Å². The van der Waals surface area contributed by atoms with E-state index in [0.717, 1.165) is 34.8 Å². The Balaban J connectivity index is 1.32. The first-order valence-electron chi connectivity index (χ1n) is 12.2. The molecule has 3 aromatic heterocycles. The molecule has 2 saturated carbocycles. The van der Waals surface area contributed by atoms with Gasteiger partial charge >= 0.3 is 0 Å². The largest absolute Gasteiger partial charge is 0.369 e. The zero-order valence-corrected chi connectivity index (χ0v) is 20.0. The number of amides is 1. The van der Waals surface area contributed by atoms with E-state index in [9.17, 15) is 18.3 Å². The minimum absolute atomic E-state index is 0.0414. The minimum atomic E-state index is -3.39. The van der Waals surface area contributed by atoms with Crippen LogP contribution in [0.4, 0.5) is 0 Å². The number of aromatic amines is 1. The second kappa shape index (κ2) is 9.26. The van der Waals surface area contributed by atoms with Crippen LogP contribution in [-0.2, 0) is 19.7 Å². The molecule has 0 bridgehead atoms. The molecule has 3 N–H and O–H groups in total. The number of fused-ring (bicyclic) bond motifs is 3. The number of nitrogens with two attached hydrogens (primary N) is 1. The molecule has 8 nitrogen and oxygen atoms in total. The summed E-state index contributed by atoms with van der Waals surface area (Å²) >= 11 is 0. The molecule has 181 valence electrons. The standard InChI is InChI=1S/C25H31N4O4S/c26-24(31)20-6-1-15(13-30)11-17(20)14-34(32,33)18-4-2-16(3-5-18)19-7-9-27-22-12-29-25-21(23(19)22)8-10-28-25/h7-10,12,15-18,20H,1-6,11,13-14H2,(H2,26,31)(H,28,29). The van der Waals surface area contributed by atoms with Gasteiger partial charge in [-0.15, -0.1) is 0 Å². The minimum Gasteiger partial charge on any atom is -0.369 e. The molecule has 0 saturated heterocycles. The Hall–Kier alpha value is -2.52. The summed E-state index contributed by atoms with van der Waals surface area (Å²) in [7, 11) is -3.39. The number of carbonyl (C=O) groups is 1. The average molecular weight is 484 g/mol. The molecule has 2 fully saturated rings.